The van der Waals surface area contributed by atoms with Gasteiger partial charge in [0.25, 0.3) is 0 Å². The van der Waals surface area contributed by atoms with Crippen molar-refractivity contribution in [2.24, 2.45) is 5.92 Å². The van der Waals surface area contributed by atoms with Crippen molar-refractivity contribution in [1.29, 1.82) is 0 Å². The number of likely N-dealkylation sites (tertiary alicyclic amines) is 1. The number of pyridine rings is 1. The van der Waals surface area contributed by atoms with E-state index >= 15 is 0 Å². The van der Waals surface area contributed by atoms with E-state index in [1.807, 2.05) is 30.0 Å². The second kappa shape index (κ2) is 13.5. The molecule has 1 saturated heterocycles. The molecule has 2 aliphatic rings. The van der Waals surface area contributed by atoms with Crippen molar-refractivity contribution in [3.05, 3.63) is 94.3 Å². The average molecular weight is 623 g/mol. The van der Waals surface area contributed by atoms with Gasteiger partial charge in [0.05, 0.1) is 30.1 Å². The van der Waals surface area contributed by atoms with Crippen molar-refractivity contribution in [2.45, 2.75) is 71.3 Å². The summed E-state index contributed by atoms with van der Waals surface area (Å²) in [5.74, 6) is 0.519. The smallest absolute Gasteiger partial charge is 0.339 e. The Labute approximate surface area is 269 Å². The number of carbonyl (C=O) groups is 2. The number of aliphatic hydroxyl groups excluding tert-OH is 1. The Kier molecular flexibility index (Phi) is 9.22. The molecule has 2 atom stereocenters. The maximum atomic E-state index is 12.6. The number of rotatable bonds is 10. The zero-order valence-corrected chi connectivity index (χ0v) is 26.8. The number of carboxylic acid groups (broad SMARTS) is 1. The summed E-state index contributed by atoms with van der Waals surface area (Å²) in [4.78, 5) is 31.1. The second-order valence-electron chi connectivity index (χ2n) is 12.4. The summed E-state index contributed by atoms with van der Waals surface area (Å²) in [7, 11) is 0. The molecule has 1 amide bonds. The summed E-state index contributed by atoms with van der Waals surface area (Å²) < 4.78 is 8.35. The van der Waals surface area contributed by atoms with Crippen molar-refractivity contribution in [1.82, 2.24) is 19.7 Å². The van der Waals surface area contributed by atoms with Crippen molar-refractivity contribution < 1.29 is 24.5 Å². The Balaban J connectivity index is 1.23. The van der Waals surface area contributed by atoms with Gasteiger partial charge in [-0.25, -0.2) is 14.5 Å². The van der Waals surface area contributed by atoms with Crippen LogP contribution in [0.15, 0.2) is 60.8 Å². The number of carbonyl (C=O) groups excluding carboxylic acids is 1. The van der Waals surface area contributed by atoms with Gasteiger partial charge in [0.1, 0.15) is 17.4 Å². The molecule has 2 aromatic carbocycles. The highest BCUT2D eigenvalue weighted by atomic mass is 16.5. The van der Waals surface area contributed by atoms with Gasteiger partial charge >= 0.3 is 5.97 Å². The minimum atomic E-state index is -0.995. The minimum absolute atomic E-state index is 0.0398. The summed E-state index contributed by atoms with van der Waals surface area (Å²) in [5.41, 5.74) is 7.61. The molecule has 9 heteroatoms. The van der Waals surface area contributed by atoms with E-state index in [4.69, 9.17) is 9.72 Å². The van der Waals surface area contributed by atoms with E-state index < -0.39 is 5.97 Å². The van der Waals surface area contributed by atoms with Crippen LogP contribution >= 0.6 is 0 Å². The van der Waals surface area contributed by atoms with Gasteiger partial charge in [0.15, 0.2) is 5.82 Å². The lowest BCUT2D eigenvalue weighted by atomic mass is 9.85. The number of carboxylic acids is 1. The van der Waals surface area contributed by atoms with Crippen LogP contribution < -0.4 is 4.74 Å². The fourth-order valence-electron chi connectivity index (χ4n) is 7.09. The summed E-state index contributed by atoms with van der Waals surface area (Å²) in [6, 6.07) is 18.5. The van der Waals surface area contributed by atoms with Crippen LogP contribution in [0.1, 0.15) is 90.4 Å². The normalized spacial score (nSPS) is 17.1. The van der Waals surface area contributed by atoms with Crippen LogP contribution in [0.4, 0.5) is 0 Å². The van der Waals surface area contributed by atoms with E-state index in [0.29, 0.717) is 36.9 Å². The quantitative estimate of drug-likeness (QED) is 0.218. The first-order chi connectivity index (χ1) is 22.3. The molecule has 0 radical (unpaired) electrons. The molecule has 0 unspecified atom stereocenters. The van der Waals surface area contributed by atoms with E-state index in [-0.39, 0.29) is 30.1 Å². The number of benzene rings is 2. The van der Waals surface area contributed by atoms with Crippen LogP contribution in [0.2, 0.25) is 0 Å². The summed E-state index contributed by atoms with van der Waals surface area (Å²) in [6.45, 7) is 7.19. The average Bonchev–Trinajstić information content (AvgIpc) is 3.72. The standard InChI is InChI=1S/C37H42N4O5/c1-4-24-20-27(13-14-28(24)25-16-18-40(19-17-25)36(43)23(3)22-42)46-33-15-12-26-8-6-9-29(35(26)33)31-10-7-11-34(39-31)41-32(5-2)30(21-38-41)37(44)45/h6-11,13-14,20-21,23,25,33,42H,4-5,12,15-19,22H2,1-3H3,(H,44,45)/t23-,33-/m0/s1. The number of aliphatic hydroxyl groups is 1. The number of ether oxygens (including phenoxy) is 1. The number of fused-ring (bicyclic) bond motifs is 1. The maximum Gasteiger partial charge on any atom is 0.339 e. The predicted octanol–water partition coefficient (Wildman–Crippen LogP) is 6.16. The highest BCUT2D eigenvalue weighted by Crippen LogP contribution is 2.42. The monoisotopic (exact) mass is 622 g/mol. The Morgan fingerprint density at radius 1 is 1.02 bits per heavy atom. The topological polar surface area (TPSA) is 118 Å². The molecule has 0 saturated carbocycles. The minimum Gasteiger partial charge on any atom is -0.486 e. The molecule has 1 aliphatic carbocycles. The third-order valence-electron chi connectivity index (χ3n) is 9.57. The summed E-state index contributed by atoms with van der Waals surface area (Å²) in [6.07, 6.45) is 6.30. The van der Waals surface area contributed by atoms with Crippen LogP contribution in [0.5, 0.6) is 5.75 Å². The first-order valence-electron chi connectivity index (χ1n) is 16.4. The number of amides is 1. The van der Waals surface area contributed by atoms with Crippen LogP contribution in [-0.4, -0.2) is 61.5 Å². The number of aromatic nitrogens is 3. The molecule has 3 heterocycles. The lowest BCUT2D eigenvalue weighted by Gasteiger charge is -2.34. The Bertz CT molecular complexity index is 1740. The largest absolute Gasteiger partial charge is 0.486 e. The number of hydrogen-bond acceptors (Lipinski definition) is 6. The van der Waals surface area contributed by atoms with E-state index in [0.717, 1.165) is 54.7 Å². The lowest BCUT2D eigenvalue weighted by molar-refractivity contribution is -0.137. The van der Waals surface area contributed by atoms with Gasteiger partial charge < -0.3 is 19.8 Å². The number of hydrogen-bond donors (Lipinski definition) is 2. The van der Waals surface area contributed by atoms with Crippen LogP contribution in [0.3, 0.4) is 0 Å². The number of aromatic carboxylic acids is 1. The van der Waals surface area contributed by atoms with Crippen LogP contribution in [-0.2, 0) is 24.1 Å². The van der Waals surface area contributed by atoms with Gasteiger partial charge in [-0.2, -0.15) is 5.10 Å². The summed E-state index contributed by atoms with van der Waals surface area (Å²) >= 11 is 0. The second-order valence-corrected chi connectivity index (χ2v) is 12.4. The zero-order chi connectivity index (χ0) is 32.4. The number of aryl methyl sites for hydroxylation is 2. The van der Waals surface area contributed by atoms with Crippen molar-refractivity contribution in [3.63, 3.8) is 0 Å². The van der Waals surface area contributed by atoms with Gasteiger partial charge in [0, 0.05) is 24.2 Å². The highest BCUT2D eigenvalue weighted by Gasteiger charge is 2.30. The third kappa shape index (κ3) is 6.03. The molecule has 9 nitrogen and oxygen atoms in total. The van der Waals surface area contributed by atoms with Crippen molar-refractivity contribution in [2.75, 3.05) is 19.7 Å². The molecule has 2 N–H and O–H groups in total. The molecular formula is C37H42N4O5. The summed E-state index contributed by atoms with van der Waals surface area (Å²) in [5, 5.41) is 23.4. The molecule has 0 bridgehead atoms. The zero-order valence-electron chi connectivity index (χ0n) is 26.8. The molecule has 46 heavy (non-hydrogen) atoms. The molecule has 2 aromatic heterocycles. The Morgan fingerprint density at radius 3 is 2.52 bits per heavy atom. The van der Waals surface area contributed by atoms with Crippen molar-refractivity contribution >= 4 is 11.9 Å². The van der Waals surface area contributed by atoms with Gasteiger partial charge in [0.2, 0.25) is 5.91 Å². The lowest BCUT2D eigenvalue weighted by Crippen LogP contribution is -2.41. The molecule has 240 valence electrons. The first kappa shape index (κ1) is 31.5. The van der Waals surface area contributed by atoms with Gasteiger partial charge in [-0.15, -0.1) is 0 Å². The molecule has 0 spiro atoms. The van der Waals surface area contributed by atoms with Crippen LogP contribution in [0.25, 0.3) is 17.1 Å². The van der Waals surface area contributed by atoms with E-state index in [2.05, 4.69) is 48.4 Å². The Hall–Kier alpha value is -4.50. The van der Waals surface area contributed by atoms with E-state index in [1.54, 1.807) is 11.6 Å². The molecule has 6 rings (SSSR count). The fraction of sp³-hybridized carbons (Fsp3) is 0.405. The SMILES string of the molecule is CCc1cc(O[C@H]2CCc3cccc(-c4cccc(-n5ncc(C(=O)O)c5CC)n4)c32)ccc1C1CCN(C(=O)[C@@H](C)CO)CC1. The maximum absolute atomic E-state index is 12.6. The van der Waals surface area contributed by atoms with Gasteiger partial charge in [-0.1, -0.05) is 51.1 Å². The van der Waals surface area contributed by atoms with Crippen molar-refractivity contribution in [3.8, 4) is 22.8 Å². The number of piperidine rings is 1. The highest BCUT2D eigenvalue weighted by molar-refractivity contribution is 5.88. The molecule has 1 fully saturated rings. The predicted molar refractivity (Wildman–Crippen MR) is 175 cm³/mol. The molecular weight excluding hydrogens is 580 g/mol. The molecule has 4 aromatic rings. The first-order valence-corrected chi connectivity index (χ1v) is 16.4. The van der Waals surface area contributed by atoms with E-state index in [1.165, 1.54) is 22.9 Å². The fourth-order valence-corrected chi connectivity index (χ4v) is 7.09. The number of nitrogens with zero attached hydrogens (tertiary/aromatic N) is 4. The Morgan fingerprint density at radius 2 is 1.80 bits per heavy atom. The van der Waals surface area contributed by atoms with Gasteiger partial charge in [-0.3, -0.25) is 4.79 Å². The van der Waals surface area contributed by atoms with Gasteiger partial charge in [-0.05, 0) is 85.4 Å². The third-order valence-corrected chi connectivity index (χ3v) is 9.57. The van der Waals surface area contributed by atoms with Crippen LogP contribution in [0, 0.1) is 5.92 Å². The van der Waals surface area contributed by atoms with E-state index in [9.17, 15) is 19.8 Å². The molecule has 1 aliphatic heterocycles.